The van der Waals surface area contributed by atoms with Gasteiger partial charge in [-0.2, -0.15) is 0 Å². The average Bonchev–Trinajstić information content (AvgIpc) is 3.18. The van der Waals surface area contributed by atoms with Crippen molar-refractivity contribution in [2.75, 3.05) is 13.7 Å². The Hall–Kier alpha value is -1.37. The molecule has 8 unspecified atom stereocenters. The van der Waals surface area contributed by atoms with Crippen molar-refractivity contribution in [1.29, 1.82) is 0 Å². The molecule has 2 aliphatic heterocycles. The summed E-state index contributed by atoms with van der Waals surface area (Å²) in [5, 5.41) is 5.23. The van der Waals surface area contributed by atoms with E-state index in [1.54, 1.807) is 24.9 Å². The van der Waals surface area contributed by atoms with Gasteiger partial charge in [0.2, 0.25) is 5.91 Å². The topological polar surface area (TPSA) is 64.3 Å². The number of nitrogens with two attached hydrogens (primary N) is 1. The van der Waals surface area contributed by atoms with Crippen LogP contribution in [0, 0.1) is 23.6 Å². The molecule has 1 saturated heterocycles. The van der Waals surface area contributed by atoms with Crippen molar-refractivity contribution >= 4 is 17.7 Å². The maximum absolute atomic E-state index is 14.9. The van der Waals surface area contributed by atoms with E-state index in [0.29, 0.717) is 18.0 Å². The van der Waals surface area contributed by atoms with Gasteiger partial charge >= 0.3 is 0 Å². The Morgan fingerprint density at radius 2 is 2.21 bits per heavy atom. The Morgan fingerprint density at radius 3 is 2.89 bits per heavy atom. The van der Waals surface area contributed by atoms with Crippen LogP contribution in [0.25, 0.3) is 0 Å². The molecule has 3 aliphatic rings. The normalized spacial score (nSPS) is 37.9. The minimum atomic E-state index is -0.201. The van der Waals surface area contributed by atoms with Crippen LogP contribution in [0.3, 0.4) is 0 Å². The van der Waals surface area contributed by atoms with Crippen molar-refractivity contribution in [2.24, 2.45) is 23.5 Å². The number of methoxy groups -OCH3 is 1. The van der Waals surface area contributed by atoms with Crippen molar-refractivity contribution in [2.45, 2.75) is 49.5 Å². The number of hydrogen-bond donors (Lipinski definition) is 2. The third-order valence-electron chi connectivity index (χ3n) is 6.93. The second kappa shape index (κ2) is 7.81. The molecule has 1 aromatic rings. The van der Waals surface area contributed by atoms with Crippen molar-refractivity contribution in [3.05, 3.63) is 46.6 Å². The van der Waals surface area contributed by atoms with Crippen LogP contribution in [0.15, 0.2) is 29.7 Å². The predicted molar refractivity (Wildman–Crippen MR) is 111 cm³/mol. The first-order valence-electron chi connectivity index (χ1n) is 10.1. The van der Waals surface area contributed by atoms with E-state index in [4.69, 9.17) is 10.5 Å². The number of hydrogen-bond acceptors (Lipinski definition) is 4. The van der Waals surface area contributed by atoms with E-state index in [0.717, 1.165) is 12.0 Å². The first-order valence-corrected chi connectivity index (χ1v) is 11.0. The lowest BCUT2D eigenvalue weighted by molar-refractivity contribution is -0.129. The highest BCUT2D eigenvalue weighted by Gasteiger charge is 2.54. The molecule has 152 valence electrons. The molecule has 1 aliphatic carbocycles. The molecule has 2 heterocycles. The van der Waals surface area contributed by atoms with Gasteiger partial charge < -0.3 is 15.8 Å². The van der Waals surface area contributed by atoms with Crippen LogP contribution in [0.5, 0.6) is 0 Å². The highest BCUT2D eigenvalue weighted by atomic mass is 32.2. The van der Waals surface area contributed by atoms with Crippen molar-refractivity contribution < 1.29 is 13.9 Å². The van der Waals surface area contributed by atoms with Gasteiger partial charge in [0.05, 0.1) is 11.4 Å². The molecule has 1 aromatic carbocycles. The number of carbonyl (C=O) groups excluding carboxylic acids is 1. The Kier molecular flexibility index (Phi) is 5.55. The molecule has 4 nitrogen and oxygen atoms in total. The van der Waals surface area contributed by atoms with Gasteiger partial charge in [0.1, 0.15) is 5.82 Å². The largest absolute Gasteiger partial charge is 0.381 e. The Balaban J connectivity index is 1.75. The van der Waals surface area contributed by atoms with E-state index in [1.165, 1.54) is 0 Å². The molecular weight excluding hydrogens is 375 g/mol. The van der Waals surface area contributed by atoms with E-state index in [1.807, 2.05) is 24.5 Å². The average molecular weight is 405 g/mol. The molecule has 2 fully saturated rings. The van der Waals surface area contributed by atoms with Gasteiger partial charge in [0, 0.05) is 25.0 Å². The number of carbonyl (C=O) groups is 1. The number of allylic oxidation sites excluding steroid dienone is 1. The minimum Gasteiger partial charge on any atom is -0.381 e. The summed E-state index contributed by atoms with van der Waals surface area (Å²) >= 11 is 1.59. The first-order chi connectivity index (χ1) is 13.5. The van der Waals surface area contributed by atoms with Gasteiger partial charge in [0.15, 0.2) is 0 Å². The second-order valence-corrected chi connectivity index (χ2v) is 9.56. The van der Waals surface area contributed by atoms with Crippen LogP contribution in [0.2, 0.25) is 0 Å². The van der Waals surface area contributed by atoms with Gasteiger partial charge in [-0.1, -0.05) is 32.1 Å². The van der Waals surface area contributed by atoms with Crippen LogP contribution in [-0.2, 0) is 9.53 Å². The fraction of sp³-hybridized carbons (Fsp3) is 0.591. The van der Waals surface area contributed by atoms with Gasteiger partial charge in [-0.25, -0.2) is 4.39 Å². The van der Waals surface area contributed by atoms with Crippen LogP contribution in [0.4, 0.5) is 4.39 Å². The van der Waals surface area contributed by atoms with E-state index in [2.05, 4.69) is 18.3 Å². The molecular formula is C22H29FN2O2S. The fourth-order valence-corrected chi connectivity index (χ4v) is 6.50. The lowest BCUT2D eigenvalue weighted by Gasteiger charge is -2.52. The van der Waals surface area contributed by atoms with Crippen LogP contribution < -0.4 is 11.1 Å². The second-order valence-electron chi connectivity index (χ2n) is 8.50. The number of halogens is 1. The van der Waals surface area contributed by atoms with Gasteiger partial charge in [0.25, 0.3) is 0 Å². The summed E-state index contributed by atoms with van der Waals surface area (Å²) in [6.07, 6.45) is 3.02. The molecule has 0 bridgehead atoms. The molecule has 0 radical (unpaired) electrons. The maximum atomic E-state index is 14.9. The lowest BCUT2D eigenvalue weighted by Crippen LogP contribution is -2.62. The fourth-order valence-electron chi connectivity index (χ4n) is 5.41. The SMILES string of the molecule is COC1CC(C)C2NC(=O)C3SC=CC3C2C1c1ccc(C(C)CN)c(F)c1. The van der Waals surface area contributed by atoms with E-state index < -0.39 is 0 Å². The quantitative estimate of drug-likeness (QED) is 0.807. The number of fused-ring (bicyclic) bond motifs is 3. The van der Waals surface area contributed by atoms with E-state index in [9.17, 15) is 9.18 Å². The number of piperidine rings is 1. The Labute approximate surface area is 170 Å². The highest BCUT2D eigenvalue weighted by molar-refractivity contribution is 8.03. The van der Waals surface area contributed by atoms with Gasteiger partial charge in [-0.3, -0.25) is 4.79 Å². The number of ether oxygens (including phenoxy) is 1. The zero-order valence-electron chi connectivity index (χ0n) is 16.6. The Morgan fingerprint density at radius 1 is 1.43 bits per heavy atom. The third kappa shape index (κ3) is 3.19. The number of nitrogens with one attached hydrogen (secondary N) is 1. The molecule has 1 amide bonds. The van der Waals surface area contributed by atoms with Crippen molar-refractivity contribution in [1.82, 2.24) is 5.32 Å². The third-order valence-corrected chi connectivity index (χ3v) is 8.07. The molecule has 0 spiro atoms. The van der Waals surface area contributed by atoms with Crippen molar-refractivity contribution in [3.63, 3.8) is 0 Å². The summed E-state index contributed by atoms with van der Waals surface area (Å²) in [4.78, 5) is 12.6. The van der Waals surface area contributed by atoms with Crippen molar-refractivity contribution in [3.8, 4) is 0 Å². The summed E-state index contributed by atoms with van der Waals surface area (Å²) in [5.41, 5.74) is 7.35. The molecule has 6 heteroatoms. The molecule has 3 N–H and O–H groups in total. The summed E-state index contributed by atoms with van der Waals surface area (Å²) in [6.45, 7) is 4.54. The molecule has 0 aromatic heterocycles. The predicted octanol–water partition coefficient (Wildman–Crippen LogP) is 3.39. The minimum absolute atomic E-state index is 0.00286. The number of rotatable bonds is 4. The molecule has 4 rings (SSSR count). The Bertz CT molecular complexity index is 786. The summed E-state index contributed by atoms with van der Waals surface area (Å²) in [6, 6.07) is 5.66. The van der Waals surface area contributed by atoms with Gasteiger partial charge in [-0.15, -0.1) is 11.8 Å². The summed E-state index contributed by atoms with van der Waals surface area (Å²) < 4.78 is 20.8. The number of thioether (sulfide) groups is 1. The first kappa shape index (κ1) is 19.9. The van der Waals surface area contributed by atoms with E-state index >= 15 is 0 Å². The monoisotopic (exact) mass is 404 g/mol. The highest BCUT2D eigenvalue weighted by Crippen LogP contribution is 2.52. The summed E-state index contributed by atoms with van der Waals surface area (Å²) in [5.74, 6) is 0.615. The van der Waals surface area contributed by atoms with Crippen LogP contribution in [-0.4, -0.2) is 37.0 Å². The van der Waals surface area contributed by atoms with Crippen LogP contribution >= 0.6 is 11.8 Å². The zero-order chi connectivity index (χ0) is 20.0. The molecule has 1 saturated carbocycles. The number of amides is 1. The standard InChI is InChI=1S/C22H29FN2O2S/c1-11-8-17(27-3)18(13-4-5-14(12(2)10-24)16(23)9-13)19-15-6-7-28-21(15)22(26)25-20(11)19/h4-7,9,11-12,15,17-21H,8,10,24H2,1-3H3,(H,25,26). The zero-order valence-corrected chi connectivity index (χ0v) is 17.4. The van der Waals surface area contributed by atoms with E-state index in [-0.39, 0.29) is 52.8 Å². The maximum Gasteiger partial charge on any atom is 0.234 e. The molecule has 8 atom stereocenters. The summed E-state index contributed by atoms with van der Waals surface area (Å²) in [7, 11) is 1.74. The lowest BCUT2D eigenvalue weighted by atomic mass is 9.60. The number of benzene rings is 1. The van der Waals surface area contributed by atoms with Gasteiger partial charge in [-0.05, 0) is 53.3 Å². The molecule has 28 heavy (non-hydrogen) atoms. The van der Waals surface area contributed by atoms with Crippen LogP contribution in [0.1, 0.15) is 43.2 Å². The smallest absolute Gasteiger partial charge is 0.234 e.